The standard InChI is InChI=1S/C20H24N2O2/c1-14-9-10-17(12-18(14)16(3)23)22-19(24)15(2)8-6-7-11-20(4,5)13-21/h6-10,12H,11H2,1-5H3,(H,22,24)/b7-6-,15-8+. The number of benzene rings is 1. The number of carbonyl (C=O) groups is 2. The molecule has 0 saturated carbocycles. The molecule has 0 atom stereocenters. The van der Waals surface area contributed by atoms with Gasteiger partial charge in [-0.2, -0.15) is 5.26 Å². The number of Topliss-reactive ketones (excluding diaryl/α,β-unsaturated/α-hetero) is 1. The number of ketones is 1. The molecule has 0 saturated heterocycles. The van der Waals surface area contributed by atoms with Gasteiger partial charge in [0.2, 0.25) is 0 Å². The Morgan fingerprint density at radius 1 is 1.29 bits per heavy atom. The Hall–Kier alpha value is -2.67. The third kappa shape index (κ3) is 5.85. The molecule has 0 bridgehead atoms. The number of amides is 1. The second-order valence-corrected chi connectivity index (χ2v) is 6.52. The van der Waals surface area contributed by atoms with Crippen molar-refractivity contribution in [3.63, 3.8) is 0 Å². The number of rotatable bonds is 6. The van der Waals surface area contributed by atoms with Crippen LogP contribution < -0.4 is 5.32 Å². The average Bonchev–Trinajstić information content (AvgIpc) is 2.52. The van der Waals surface area contributed by atoms with E-state index in [4.69, 9.17) is 5.26 Å². The van der Waals surface area contributed by atoms with Crippen LogP contribution in [0.1, 0.15) is 50.0 Å². The van der Waals surface area contributed by atoms with Gasteiger partial charge in [0, 0.05) is 16.8 Å². The number of carbonyl (C=O) groups excluding carboxylic acids is 2. The number of anilines is 1. The highest BCUT2D eigenvalue weighted by Gasteiger charge is 2.13. The molecule has 0 heterocycles. The highest BCUT2D eigenvalue weighted by Crippen LogP contribution is 2.19. The Labute approximate surface area is 143 Å². The van der Waals surface area contributed by atoms with E-state index in [0.29, 0.717) is 23.2 Å². The van der Waals surface area contributed by atoms with Crippen molar-refractivity contribution in [3.05, 3.63) is 53.1 Å². The molecule has 1 aromatic carbocycles. The van der Waals surface area contributed by atoms with Gasteiger partial charge < -0.3 is 5.32 Å². The maximum Gasteiger partial charge on any atom is 0.251 e. The zero-order chi connectivity index (χ0) is 18.3. The van der Waals surface area contributed by atoms with Gasteiger partial charge in [0.05, 0.1) is 11.5 Å². The van der Waals surface area contributed by atoms with Gasteiger partial charge in [-0.1, -0.05) is 24.3 Å². The van der Waals surface area contributed by atoms with Crippen molar-refractivity contribution < 1.29 is 9.59 Å². The van der Waals surface area contributed by atoms with Gasteiger partial charge in [0.1, 0.15) is 0 Å². The fraction of sp³-hybridized carbons (Fsp3) is 0.350. The molecule has 1 rings (SSSR count). The van der Waals surface area contributed by atoms with Gasteiger partial charge in [-0.3, -0.25) is 9.59 Å². The molecule has 0 aliphatic heterocycles. The lowest BCUT2D eigenvalue weighted by Gasteiger charge is -2.10. The van der Waals surface area contributed by atoms with Gasteiger partial charge in [-0.15, -0.1) is 0 Å². The summed E-state index contributed by atoms with van der Waals surface area (Å²) in [7, 11) is 0. The van der Waals surface area contributed by atoms with E-state index in [-0.39, 0.29) is 11.7 Å². The molecule has 0 aliphatic rings. The quantitative estimate of drug-likeness (QED) is 0.473. The number of nitriles is 1. The van der Waals surface area contributed by atoms with Gasteiger partial charge in [-0.25, -0.2) is 0 Å². The largest absolute Gasteiger partial charge is 0.322 e. The monoisotopic (exact) mass is 324 g/mol. The van der Waals surface area contributed by atoms with Crippen LogP contribution in [0.4, 0.5) is 5.69 Å². The average molecular weight is 324 g/mol. The Bertz CT molecular complexity index is 734. The molecule has 4 heteroatoms. The number of hydrogen-bond acceptors (Lipinski definition) is 3. The lowest BCUT2D eigenvalue weighted by atomic mass is 9.91. The smallest absolute Gasteiger partial charge is 0.251 e. The fourth-order valence-electron chi connectivity index (χ4n) is 2.01. The first-order valence-electron chi connectivity index (χ1n) is 7.84. The van der Waals surface area contributed by atoms with Crippen molar-refractivity contribution >= 4 is 17.4 Å². The van der Waals surface area contributed by atoms with Crippen LogP contribution in [0.25, 0.3) is 0 Å². The van der Waals surface area contributed by atoms with E-state index >= 15 is 0 Å². The normalized spacial score (nSPS) is 12.1. The summed E-state index contributed by atoms with van der Waals surface area (Å²) in [5.41, 5.74) is 2.22. The van der Waals surface area contributed by atoms with Crippen LogP contribution in [0, 0.1) is 23.7 Å². The highest BCUT2D eigenvalue weighted by atomic mass is 16.1. The molecule has 0 spiro atoms. The summed E-state index contributed by atoms with van der Waals surface area (Å²) in [4.78, 5) is 23.7. The Balaban J connectivity index is 2.76. The minimum absolute atomic E-state index is 0.0288. The predicted molar refractivity (Wildman–Crippen MR) is 96.7 cm³/mol. The number of hydrogen-bond donors (Lipinski definition) is 1. The van der Waals surface area contributed by atoms with Crippen LogP contribution in [0.5, 0.6) is 0 Å². The molecule has 0 aromatic heterocycles. The van der Waals surface area contributed by atoms with E-state index in [1.807, 2.05) is 32.9 Å². The molecule has 0 radical (unpaired) electrons. The highest BCUT2D eigenvalue weighted by molar-refractivity contribution is 6.04. The van der Waals surface area contributed by atoms with Crippen LogP contribution in [0.2, 0.25) is 0 Å². The van der Waals surface area contributed by atoms with Crippen LogP contribution in [0.3, 0.4) is 0 Å². The molecule has 24 heavy (non-hydrogen) atoms. The molecule has 1 amide bonds. The fourth-order valence-corrected chi connectivity index (χ4v) is 2.01. The number of allylic oxidation sites excluding steroid dienone is 3. The first kappa shape index (κ1) is 19.4. The second-order valence-electron chi connectivity index (χ2n) is 6.52. The third-order valence-electron chi connectivity index (χ3n) is 3.65. The molecule has 0 aliphatic carbocycles. The number of nitrogens with zero attached hydrogens (tertiary/aromatic N) is 1. The van der Waals surface area contributed by atoms with E-state index in [9.17, 15) is 9.59 Å². The Morgan fingerprint density at radius 3 is 2.54 bits per heavy atom. The molecule has 1 aromatic rings. The molecule has 126 valence electrons. The summed E-state index contributed by atoms with van der Waals surface area (Å²) in [6.07, 6.45) is 5.99. The van der Waals surface area contributed by atoms with E-state index in [0.717, 1.165) is 5.56 Å². The molecular weight excluding hydrogens is 300 g/mol. The lowest BCUT2D eigenvalue weighted by Crippen LogP contribution is -2.13. The van der Waals surface area contributed by atoms with Crippen LogP contribution in [-0.4, -0.2) is 11.7 Å². The molecule has 0 unspecified atom stereocenters. The van der Waals surface area contributed by atoms with E-state index in [2.05, 4.69) is 11.4 Å². The van der Waals surface area contributed by atoms with Crippen molar-refractivity contribution in [2.24, 2.45) is 5.41 Å². The lowest BCUT2D eigenvalue weighted by molar-refractivity contribution is -0.112. The van der Waals surface area contributed by atoms with Crippen molar-refractivity contribution in [1.29, 1.82) is 5.26 Å². The topological polar surface area (TPSA) is 70.0 Å². The summed E-state index contributed by atoms with van der Waals surface area (Å²) in [6.45, 7) is 8.82. The minimum atomic E-state index is -0.411. The van der Waals surface area contributed by atoms with E-state index < -0.39 is 5.41 Å². The Kier molecular flexibility index (Phi) is 6.67. The summed E-state index contributed by atoms with van der Waals surface area (Å²) >= 11 is 0. The van der Waals surface area contributed by atoms with Gasteiger partial charge in [0.25, 0.3) is 5.91 Å². The first-order chi connectivity index (χ1) is 11.2. The maximum atomic E-state index is 12.2. The summed E-state index contributed by atoms with van der Waals surface area (Å²) in [5.74, 6) is -0.253. The number of nitrogens with one attached hydrogen (secondary N) is 1. The first-order valence-corrected chi connectivity index (χ1v) is 7.84. The van der Waals surface area contributed by atoms with Gasteiger partial charge >= 0.3 is 0 Å². The van der Waals surface area contributed by atoms with E-state index in [1.165, 1.54) is 6.92 Å². The van der Waals surface area contributed by atoms with E-state index in [1.54, 1.807) is 31.2 Å². The predicted octanol–water partition coefficient (Wildman–Crippen LogP) is 4.58. The zero-order valence-electron chi connectivity index (χ0n) is 14.9. The maximum absolute atomic E-state index is 12.2. The summed E-state index contributed by atoms with van der Waals surface area (Å²) < 4.78 is 0. The van der Waals surface area contributed by atoms with Crippen molar-refractivity contribution in [2.75, 3.05) is 5.32 Å². The third-order valence-corrected chi connectivity index (χ3v) is 3.65. The van der Waals surface area contributed by atoms with Crippen LogP contribution >= 0.6 is 0 Å². The Morgan fingerprint density at radius 2 is 1.96 bits per heavy atom. The van der Waals surface area contributed by atoms with Gasteiger partial charge in [0.15, 0.2) is 5.78 Å². The SMILES string of the molecule is CC(=O)c1cc(NC(=O)/C(C)=C/C=C\CC(C)(C)C#N)ccc1C. The van der Waals surface area contributed by atoms with Crippen molar-refractivity contribution in [3.8, 4) is 6.07 Å². The van der Waals surface area contributed by atoms with Crippen LogP contribution in [-0.2, 0) is 4.79 Å². The second kappa shape index (κ2) is 8.26. The molecular formula is C20H24N2O2. The van der Waals surface area contributed by atoms with Crippen LogP contribution in [0.15, 0.2) is 42.0 Å². The number of aryl methyl sites for hydroxylation is 1. The summed E-state index contributed by atoms with van der Waals surface area (Å²) in [5, 5.41) is 11.7. The molecule has 1 N–H and O–H groups in total. The van der Waals surface area contributed by atoms with Crippen molar-refractivity contribution in [2.45, 2.75) is 41.0 Å². The zero-order valence-corrected chi connectivity index (χ0v) is 14.9. The molecule has 4 nitrogen and oxygen atoms in total. The summed E-state index contributed by atoms with van der Waals surface area (Å²) in [6, 6.07) is 7.50. The minimum Gasteiger partial charge on any atom is -0.322 e. The molecule has 0 fully saturated rings. The van der Waals surface area contributed by atoms with Gasteiger partial charge in [-0.05, 0) is 58.7 Å². The van der Waals surface area contributed by atoms with Crippen molar-refractivity contribution in [1.82, 2.24) is 0 Å².